The number of nitrogens with one attached hydrogen (secondary N) is 1. The largest absolute Gasteiger partial charge is 0.322 e. The molecule has 0 aliphatic carbocycles. The molecule has 0 fully saturated rings. The SMILES string of the molecule is CC(=O)c1ccc(NC(=O)c2cccc(Cl)c2C)cc1. The van der Waals surface area contributed by atoms with E-state index in [2.05, 4.69) is 5.32 Å². The van der Waals surface area contributed by atoms with Gasteiger partial charge in [0.25, 0.3) is 5.91 Å². The van der Waals surface area contributed by atoms with E-state index in [4.69, 9.17) is 11.6 Å². The van der Waals surface area contributed by atoms with Crippen LogP contribution in [-0.2, 0) is 0 Å². The summed E-state index contributed by atoms with van der Waals surface area (Å²) in [6, 6.07) is 12.0. The lowest BCUT2D eigenvalue weighted by Gasteiger charge is -2.09. The number of rotatable bonds is 3. The van der Waals surface area contributed by atoms with Gasteiger partial charge in [-0.25, -0.2) is 0 Å². The Bertz CT molecular complexity index is 663. The van der Waals surface area contributed by atoms with Gasteiger partial charge in [0.15, 0.2) is 5.78 Å². The van der Waals surface area contributed by atoms with Gasteiger partial charge < -0.3 is 5.32 Å². The fourth-order valence-corrected chi connectivity index (χ4v) is 2.01. The predicted octanol–water partition coefficient (Wildman–Crippen LogP) is 4.10. The second-order valence-corrected chi connectivity index (χ2v) is 4.91. The average molecular weight is 288 g/mol. The van der Waals surface area contributed by atoms with E-state index < -0.39 is 0 Å². The molecule has 0 spiro atoms. The predicted molar refractivity (Wildman–Crippen MR) is 80.6 cm³/mol. The van der Waals surface area contributed by atoms with Crippen molar-refractivity contribution in [2.75, 3.05) is 5.32 Å². The summed E-state index contributed by atoms with van der Waals surface area (Å²) in [5.41, 5.74) is 2.53. The number of halogens is 1. The van der Waals surface area contributed by atoms with Crippen molar-refractivity contribution in [1.29, 1.82) is 0 Å². The first-order valence-electron chi connectivity index (χ1n) is 6.16. The molecule has 0 aromatic heterocycles. The Labute approximate surface area is 122 Å². The van der Waals surface area contributed by atoms with Gasteiger partial charge in [0, 0.05) is 21.8 Å². The second-order valence-electron chi connectivity index (χ2n) is 4.50. The number of ketones is 1. The Kier molecular flexibility index (Phi) is 4.20. The van der Waals surface area contributed by atoms with Gasteiger partial charge in [-0.15, -0.1) is 0 Å². The van der Waals surface area contributed by atoms with Crippen molar-refractivity contribution in [3.8, 4) is 0 Å². The molecule has 0 saturated carbocycles. The zero-order valence-electron chi connectivity index (χ0n) is 11.2. The molecular formula is C16H14ClNO2. The van der Waals surface area contributed by atoms with E-state index in [1.807, 2.05) is 0 Å². The van der Waals surface area contributed by atoms with Crippen molar-refractivity contribution in [2.45, 2.75) is 13.8 Å². The van der Waals surface area contributed by atoms with Crippen LogP contribution in [0, 0.1) is 6.92 Å². The minimum Gasteiger partial charge on any atom is -0.322 e. The molecule has 2 aromatic rings. The van der Waals surface area contributed by atoms with Gasteiger partial charge in [-0.1, -0.05) is 17.7 Å². The van der Waals surface area contributed by atoms with E-state index in [0.717, 1.165) is 5.56 Å². The number of anilines is 1. The summed E-state index contributed by atoms with van der Waals surface area (Å²) in [5, 5.41) is 3.34. The van der Waals surface area contributed by atoms with E-state index >= 15 is 0 Å². The molecule has 2 aromatic carbocycles. The molecule has 2 rings (SSSR count). The van der Waals surface area contributed by atoms with Crippen LogP contribution in [0.15, 0.2) is 42.5 Å². The number of benzene rings is 2. The third-order valence-electron chi connectivity index (χ3n) is 3.06. The van der Waals surface area contributed by atoms with Crippen molar-refractivity contribution >= 4 is 29.0 Å². The molecule has 1 amide bonds. The maximum absolute atomic E-state index is 12.2. The lowest BCUT2D eigenvalue weighted by molar-refractivity contribution is 0.101. The number of hydrogen-bond donors (Lipinski definition) is 1. The standard InChI is InChI=1S/C16H14ClNO2/c1-10-14(4-3-5-15(10)17)16(20)18-13-8-6-12(7-9-13)11(2)19/h3-9H,1-2H3,(H,18,20). The average Bonchev–Trinajstić information content (AvgIpc) is 2.42. The Morgan fingerprint density at radius 3 is 2.30 bits per heavy atom. The third-order valence-corrected chi connectivity index (χ3v) is 3.47. The molecule has 3 nitrogen and oxygen atoms in total. The van der Waals surface area contributed by atoms with E-state index in [1.54, 1.807) is 49.4 Å². The van der Waals surface area contributed by atoms with Crippen molar-refractivity contribution in [2.24, 2.45) is 0 Å². The number of amides is 1. The minimum atomic E-state index is -0.222. The van der Waals surface area contributed by atoms with Crippen LogP contribution < -0.4 is 5.32 Å². The molecule has 0 radical (unpaired) electrons. The normalized spacial score (nSPS) is 10.2. The zero-order chi connectivity index (χ0) is 14.7. The van der Waals surface area contributed by atoms with Crippen LogP contribution in [0.2, 0.25) is 5.02 Å². The smallest absolute Gasteiger partial charge is 0.255 e. The molecule has 4 heteroatoms. The number of Topliss-reactive ketones (excluding diaryl/α,β-unsaturated/α-hetero) is 1. The van der Waals surface area contributed by atoms with Gasteiger partial charge >= 0.3 is 0 Å². The number of carbonyl (C=O) groups excluding carboxylic acids is 2. The summed E-state index contributed by atoms with van der Waals surface area (Å²) in [6.45, 7) is 3.30. The monoisotopic (exact) mass is 287 g/mol. The lowest BCUT2D eigenvalue weighted by Crippen LogP contribution is -2.13. The van der Waals surface area contributed by atoms with Gasteiger partial charge in [-0.3, -0.25) is 9.59 Å². The van der Waals surface area contributed by atoms with Crippen molar-refractivity contribution in [3.05, 3.63) is 64.2 Å². The maximum Gasteiger partial charge on any atom is 0.255 e. The van der Waals surface area contributed by atoms with E-state index in [-0.39, 0.29) is 11.7 Å². The van der Waals surface area contributed by atoms with Gasteiger partial charge in [0.05, 0.1) is 0 Å². The van der Waals surface area contributed by atoms with Crippen molar-refractivity contribution in [1.82, 2.24) is 0 Å². The topological polar surface area (TPSA) is 46.2 Å². The summed E-state index contributed by atoms with van der Waals surface area (Å²) in [4.78, 5) is 23.3. The van der Waals surface area contributed by atoms with Gasteiger partial charge in [-0.2, -0.15) is 0 Å². The van der Waals surface area contributed by atoms with Gasteiger partial charge in [0.2, 0.25) is 0 Å². The Morgan fingerprint density at radius 1 is 1.05 bits per heavy atom. The van der Waals surface area contributed by atoms with E-state index in [9.17, 15) is 9.59 Å². The highest BCUT2D eigenvalue weighted by Crippen LogP contribution is 2.20. The lowest BCUT2D eigenvalue weighted by atomic mass is 10.1. The highest BCUT2D eigenvalue weighted by Gasteiger charge is 2.11. The van der Waals surface area contributed by atoms with Gasteiger partial charge in [0.1, 0.15) is 0 Å². The third kappa shape index (κ3) is 3.06. The van der Waals surface area contributed by atoms with E-state index in [1.165, 1.54) is 6.92 Å². The minimum absolute atomic E-state index is 0.00596. The number of carbonyl (C=O) groups is 2. The van der Waals surface area contributed by atoms with Crippen LogP contribution in [0.4, 0.5) is 5.69 Å². The molecule has 1 N–H and O–H groups in total. The summed E-state index contributed by atoms with van der Waals surface area (Å²) in [7, 11) is 0. The van der Waals surface area contributed by atoms with Crippen LogP contribution >= 0.6 is 11.6 Å². The van der Waals surface area contributed by atoms with Crippen LogP contribution in [-0.4, -0.2) is 11.7 Å². The second kappa shape index (κ2) is 5.88. The summed E-state index contributed by atoms with van der Waals surface area (Å²) < 4.78 is 0. The molecule has 0 unspecified atom stereocenters. The quantitative estimate of drug-likeness (QED) is 0.864. The van der Waals surface area contributed by atoms with Crippen molar-refractivity contribution < 1.29 is 9.59 Å². The Morgan fingerprint density at radius 2 is 1.70 bits per heavy atom. The molecule has 0 heterocycles. The molecule has 0 aliphatic heterocycles. The highest BCUT2D eigenvalue weighted by atomic mass is 35.5. The van der Waals surface area contributed by atoms with Crippen LogP contribution in [0.3, 0.4) is 0 Å². The fraction of sp³-hybridized carbons (Fsp3) is 0.125. The van der Waals surface area contributed by atoms with E-state index in [0.29, 0.717) is 21.8 Å². The molecule has 0 saturated heterocycles. The Balaban J connectivity index is 2.19. The molecular weight excluding hydrogens is 274 g/mol. The van der Waals surface area contributed by atoms with Crippen molar-refractivity contribution in [3.63, 3.8) is 0 Å². The summed E-state index contributed by atoms with van der Waals surface area (Å²) >= 11 is 6.00. The molecule has 20 heavy (non-hydrogen) atoms. The first kappa shape index (κ1) is 14.3. The zero-order valence-corrected chi connectivity index (χ0v) is 12.0. The Hall–Kier alpha value is -2.13. The molecule has 102 valence electrons. The first-order valence-corrected chi connectivity index (χ1v) is 6.54. The highest BCUT2D eigenvalue weighted by molar-refractivity contribution is 6.32. The number of hydrogen-bond acceptors (Lipinski definition) is 2. The van der Waals surface area contributed by atoms with Crippen LogP contribution in [0.1, 0.15) is 33.2 Å². The molecule has 0 aliphatic rings. The molecule has 0 bridgehead atoms. The summed E-state index contributed by atoms with van der Waals surface area (Å²) in [5.74, 6) is -0.228. The fourth-order valence-electron chi connectivity index (χ4n) is 1.84. The maximum atomic E-state index is 12.2. The molecule has 0 atom stereocenters. The van der Waals surface area contributed by atoms with Crippen LogP contribution in [0.5, 0.6) is 0 Å². The first-order chi connectivity index (χ1) is 9.49. The summed E-state index contributed by atoms with van der Waals surface area (Å²) in [6.07, 6.45) is 0. The van der Waals surface area contributed by atoms with Gasteiger partial charge in [-0.05, 0) is 55.8 Å². The van der Waals surface area contributed by atoms with Crippen LogP contribution in [0.25, 0.3) is 0 Å².